The molecule has 2 aromatic heterocycles. The molecule has 0 unspecified atom stereocenters. The van der Waals surface area contributed by atoms with E-state index in [1.807, 2.05) is 25.1 Å². The maximum Gasteiger partial charge on any atom is 0.338 e. The van der Waals surface area contributed by atoms with Crippen LogP contribution in [0.5, 0.6) is 0 Å². The number of hydrogen-bond acceptors (Lipinski definition) is 3. The molecule has 16 heavy (non-hydrogen) atoms. The number of aromatic nitrogens is 2. The Balaban J connectivity index is 2.88. The van der Waals surface area contributed by atoms with Gasteiger partial charge in [-0.05, 0) is 6.07 Å². The third kappa shape index (κ3) is 1.41. The van der Waals surface area contributed by atoms with Crippen LogP contribution in [0.15, 0.2) is 18.5 Å². The first-order valence-corrected chi connectivity index (χ1v) is 4.87. The van der Waals surface area contributed by atoms with Gasteiger partial charge < -0.3 is 14.6 Å². The van der Waals surface area contributed by atoms with Crippen LogP contribution in [0, 0.1) is 0 Å². The van der Waals surface area contributed by atoms with Crippen molar-refractivity contribution in [3.63, 3.8) is 0 Å². The summed E-state index contributed by atoms with van der Waals surface area (Å²) < 4.78 is 1.73. The maximum atomic E-state index is 11.1. The topological polar surface area (TPSA) is 58.4 Å². The van der Waals surface area contributed by atoms with E-state index in [-0.39, 0.29) is 5.56 Å². The minimum Gasteiger partial charge on any atom is -0.478 e. The number of fused-ring (bicyclic) bond motifs is 1. The highest BCUT2D eigenvalue weighted by atomic mass is 16.4. The predicted molar refractivity (Wildman–Crippen MR) is 62.0 cm³/mol. The number of aromatic carboxylic acids is 1. The smallest absolute Gasteiger partial charge is 0.338 e. The highest BCUT2D eigenvalue weighted by molar-refractivity contribution is 6.07. The number of rotatable bonds is 2. The number of nitrogens with zero attached hydrogens (tertiary/aromatic N) is 3. The molecule has 2 rings (SSSR count). The summed E-state index contributed by atoms with van der Waals surface area (Å²) in [7, 11) is 5.56. The molecule has 5 heteroatoms. The van der Waals surface area contributed by atoms with Gasteiger partial charge in [-0.3, -0.25) is 0 Å². The van der Waals surface area contributed by atoms with Gasteiger partial charge in [-0.25, -0.2) is 9.78 Å². The van der Waals surface area contributed by atoms with Crippen LogP contribution in [-0.4, -0.2) is 34.7 Å². The quantitative estimate of drug-likeness (QED) is 0.828. The number of carboxylic acids is 1. The van der Waals surface area contributed by atoms with E-state index in [1.54, 1.807) is 24.0 Å². The van der Waals surface area contributed by atoms with Crippen LogP contribution >= 0.6 is 0 Å². The first kappa shape index (κ1) is 10.5. The van der Waals surface area contributed by atoms with Gasteiger partial charge in [-0.2, -0.15) is 0 Å². The molecule has 2 aromatic rings. The van der Waals surface area contributed by atoms with Crippen molar-refractivity contribution in [3.05, 3.63) is 24.0 Å². The lowest BCUT2D eigenvalue weighted by molar-refractivity contribution is 0.0699. The van der Waals surface area contributed by atoms with Gasteiger partial charge >= 0.3 is 5.97 Å². The second-order valence-corrected chi connectivity index (χ2v) is 3.88. The lowest BCUT2D eigenvalue weighted by Crippen LogP contribution is -2.10. The molecular formula is C11H13N3O2. The van der Waals surface area contributed by atoms with Gasteiger partial charge in [0.2, 0.25) is 0 Å². The third-order valence-electron chi connectivity index (χ3n) is 2.55. The fourth-order valence-electron chi connectivity index (χ4n) is 1.82. The van der Waals surface area contributed by atoms with E-state index in [2.05, 4.69) is 4.98 Å². The first-order chi connectivity index (χ1) is 7.52. The zero-order valence-electron chi connectivity index (χ0n) is 9.43. The first-order valence-electron chi connectivity index (χ1n) is 4.87. The van der Waals surface area contributed by atoms with E-state index in [0.29, 0.717) is 11.0 Å². The van der Waals surface area contributed by atoms with Gasteiger partial charge in [-0.1, -0.05) is 0 Å². The molecule has 0 saturated carbocycles. The Labute approximate surface area is 92.9 Å². The molecule has 0 atom stereocenters. The van der Waals surface area contributed by atoms with Gasteiger partial charge in [0.1, 0.15) is 5.65 Å². The number of hydrogen-bond donors (Lipinski definition) is 1. The largest absolute Gasteiger partial charge is 0.478 e. The molecule has 0 spiro atoms. The highest BCUT2D eigenvalue weighted by Gasteiger charge is 2.17. The molecule has 0 fully saturated rings. The molecule has 5 nitrogen and oxygen atoms in total. The van der Waals surface area contributed by atoms with Gasteiger partial charge in [0, 0.05) is 39.2 Å². The monoisotopic (exact) mass is 219 g/mol. The Morgan fingerprint density at radius 3 is 2.75 bits per heavy atom. The Morgan fingerprint density at radius 2 is 2.19 bits per heavy atom. The van der Waals surface area contributed by atoms with Crippen LogP contribution in [-0.2, 0) is 7.05 Å². The summed E-state index contributed by atoms with van der Waals surface area (Å²) >= 11 is 0. The molecular weight excluding hydrogens is 206 g/mol. The zero-order valence-corrected chi connectivity index (χ0v) is 9.43. The van der Waals surface area contributed by atoms with Crippen molar-refractivity contribution in [1.82, 2.24) is 9.55 Å². The average Bonchev–Trinajstić information content (AvgIpc) is 2.56. The molecule has 0 radical (unpaired) electrons. The number of carboxylic acid groups (broad SMARTS) is 1. The molecule has 0 aliphatic carbocycles. The van der Waals surface area contributed by atoms with Gasteiger partial charge in [0.05, 0.1) is 10.9 Å². The van der Waals surface area contributed by atoms with E-state index in [4.69, 9.17) is 5.11 Å². The summed E-state index contributed by atoms with van der Waals surface area (Å²) in [5, 5.41) is 9.83. The van der Waals surface area contributed by atoms with Crippen molar-refractivity contribution >= 4 is 22.7 Å². The fourth-order valence-corrected chi connectivity index (χ4v) is 1.82. The number of carbonyl (C=O) groups is 1. The van der Waals surface area contributed by atoms with Crippen molar-refractivity contribution in [2.24, 2.45) is 7.05 Å². The summed E-state index contributed by atoms with van der Waals surface area (Å²) in [6.45, 7) is 0. The number of anilines is 1. The van der Waals surface area contributed by atoms with Crippen LogP contribution in [0.2, 0.25) is 0 Å². The van der Waals surface area contributed by atoms with Crippen LogP contribution in [0.3, 0.4) is 0 Å². The Hall–Kier alpha value is -2.04. The van der Waals surface area contributed by atoms with Gasteiger partial charge in [0.15, 0.2) is 0 Å². The standard InChI is InChI=1S/C11H13N3O2/c1-13(2)8-4-5-12-10-9(8)7(11(15)16)6-14(10)3/h4-6H,1-3H3,(H,15,16). The lowest BCUT2D eigenvalue weighted by Gasteiger charge is -2.13. The normalized spacial score (nSPS) is 10.7. The summed E-state index contributed by atoms with van der Waals surface area (Å²) in [6, 6.07) is 1.81. The van der Waals surface area contributed by atoms with E-state index >= 15 is 0 Å². The van der Waals surface area contributed by atoms with Crippen LogP contribution in [0.25, 0.3) is 11.0 Å². The molecule has 0 aliphatic heterocycles. The molecule has 0 amide bonds. The second-order valence-electron chi connectivity index (χ2n) is 3.88. The second kappa shape index (κ2) is 3.52. The molecule has 0 aromatic carbocycles. The minimum absolute atomic E-state index is 0.286. The molecule has 0 saturated heterocycles. The number of aryl methyl sites for hydroxylation is 1. The summed E-state index contributed by atoms with van der Waals surface area (Å²) in [5.74, 6) is -0.929. The predicted octanol–water partition coefficient (Wildman–Crippen LogP) is 1.34. The Kier molecular flexibility index (Phi) is 2.30. The SMILES string of the molecule is CN(C)c1ccnc2c1c(C(=O)O)cn2C. The van der Waals surface area contributed by atoms with E-state index in [9.17, 15) is 4.79 Å². The molecule has 0 aliphatic rings. The van der Waals surface area contributed by atoms with Crippen molar-refractivity contribution in [2.75, 3.05) is 19.0 Å². The third-order valence-corrected chi connectivity index (χ3v) is 2.55. The van der Waals surface area contributed by atoms with E-state index < -0.39 is 5.97 Å². The van der Waals surface area contributed by atoms with Gasteiger partial charge in [0.25, 0.3) is 0 Å². The van der Waals surface area contributed by atoms with Crippen molar-refractivity contribution < 1.29 is 9.90 Å². The zero-order chi connectivity index (χ0) is 11.9. The summed E-state index contributed by atoms with van der Waals surface area (Å²) in [5.41, 5.74) is 1.83. The van der Waals surface area contributed by atoms with Crippen LogP contribution < -0.4 is 4.90 Å². The van der Waals surface area contributed by atoms with E-state index in [1.165, 1.54) is 0 Å². The van der Waals surface area contributed by atoms with E-state index in [0.717, 1.165) is 5.69 Å². The highest BCUT2D eigenvalue weighted by Crippen LogP contribution is 2.28. The summed E-state index contributed by atoms with van der Waals surface area (Å²) in [4.78, 5) is 17.2. The van der Waals surface area contributed by atoms with Crippen molar-refractivity contribution in [2.45, 2.75) is 0 Å². The van der Waals surface area contributed by atoms with Crippen LogP contribution in [0.4, 0.5) is 5.69 Å². The molecule has 2 heterocycles. The molecule has 84 valence electrons. The van der Waals surface area contributed by atoms with Crippen molar-refractivity contribution in [1.29, 1.82) is 0 Å². The lowest BCUT2D eigenvalue weighted by atomic mass is 10.2. The summed E-state index contributed by atoms with van der Waals surface area (Å²) in [6.07, 6.45) is 3.27. The Bertz CT molecular complexity index is 558. The maximum absolute atomic E-state index is 11.1. The van der Waals surface area contributed by atoms with Gasteiger partial charge in [-0.15, -0.1) is 0 Å². The Morgan fingerprint density at radius 1 is 1.50 bits per heavy atom. The fraction of sp³-hybridized carbons (Fsp3) is 0.273. The minimum atomic E-state index is -0.929. The number of pyridine rings is 1. The molecule has 1 N–H and O–H groups in total. The average molecular weight is 219 g/mol. The molecule has 0 bridgehead atoms. The van der Waals surface area contributed by atoms with Crippen molar-refractivity contribution in [3.8, 4) is 0 Å². The van der Waals surface area contributed by atoms with Crippen LogP contribution in [0.1, 0.15) is 10.4 Å².